The second-order valence-corrected chi connectivity index (χ2v) is 7.15. The monoisotopic (exact) mass is 351 g/mol. The van der Waals surface area contributed by atoms with Gasteiger partial charge in [0.15, 0.2) is 0 Å². The molecule has 0 nitrogen and oxygen atoms in total. The molecule has 0 atom stereocenters. The molecule has 0 N–H and O–H groups in total. The lowest BCUT2D eigenvalue weighted by Gasteiger charge is -2.44. The molecule has 0 aliphatic rings. The number of benzene rings is 4. The van der Waals surface area contributed by atoms with E-state index in [1.54, 1.807) is 12.1 Å². The van der Waals surface area contributed by atoms with Crippen LogP contribution < -0.4 is 21.9 Å². The smallest absolute Gasteiger partial charge is 0.120 e. The van der Waals surface area contributed by atoms with E-state index in [9.17, 15) is 4.39 Å². The molecule has 0 aliphatic heterocycles. The zero-order valence-electron chi connectivity index (χ0n) is 15.3. The summed E-state index contributed by atoms with van der Waals surface area (Å²) in [6.07, 6.45) is -1.49. The van der Waals surface area contributed by atoms with Crippen molar-refractivity contribution in [2.24, 2.45) is 0 Å². The van der Waals surface area contributed by atoms with Crippen molar-refractivity contribution in [1.29, 1.82) is 0 Å². The third-order valence-electron chi connectivity index (χ3n) is 5.53. The maximum absolute atomic E-state index is 14.3. The van der Waals surface area contributed by atoms with Gasteiger partial charge < -0.3 is 0 Å². The van der Waals surface area contributed by atoms with E-state index in [1.165, 1.54) is 28.0 Å². The first kappa shape index (κ1) is 17.3. The van der Waals surface area contributed by atoms with Gasteiger partial charge in [0, 0.05) is 0 Å². The molecule has 0 aliphatic carbocycles. The fraction of sp³-hybridized carbons (Fsp3) is 0.0400. The molecule has 0 bridgehead atoms. The quantitative estimate of drug-likeness (QED) is 0.494. The summed E-state index contributed by atoms with van der Waals surface area (Å²) in [6.45, 7) is 2.09. The summed E-state index contributed by atoms with van der Waals surface area (Å²) in [7, 11) is 0. The topological polar surface area (TPSA) is 0 Å². The van der Waals surface area contributed by atoms with E-state index in [0.29, 0.717) is 0 Å². The Balaban J connectivity index is 2.13. The lowest BCUT2D eigenvalue weighted by molar-refractivity contribution is 0.629. The Morgan fingerprint density at radius 3 is 1.52 bits per heavy atom. The maximum Gasteiger partial charge on any atom is 0.120 e. The van der Waals surface area contributed by atoms with Crippen molar-refractivity contribution >= 4 is 28.0 Å². The summed E-state index contributed by atoms with van der Waals surface area (Å²) in [5, 5.41) is 0. The Kier molecular flexibility index (Phi) is 4.64. The third kappa shape index (κ3) is 3.08. The molecule has 2 heteroatoms. The highest BCUT2D eigenvalue weighted by molar-refractivity contribution is 7.19. The van der Waals surface area contributed by atoms with Crippen LogP contribution in [0.15, 0.2) is 109 Å². The molecular weight excluding hydrogens is 330 g/mol. The van der Waals surface area contributed by atoms with E-state index in [2.05, 4.69) is 79.7 Å². The summed E-state index contributed by atoms with van der Waals surface area (Å²) in [5.41, 5.74) is 5.74. The zero-order chi connectivity index (χ0) is 18.7. The Bertz CT molecular complexity index is 985. The summed E-state index contributed by atoms with van der Waals surface area (Å²) < 4.78 is 14.3. The largest absolute Gasteiger partial charge is 0.207 e. The van der Waals surface area contributed by atoms with Crippen molar-refractivity contribution in [2.75, 3.05) is 0 Å². The van der Waals surface area contributed by atoms with E-state index in [0.717, 1.165) is 5.46 Å². The molecule has 0 saturated heterocycles. The predicted molar refractivity (Wildman–Crippen MR) is 115 cm³/mol. The van der Waals surface area contributed by atoms with Crippen LogP contribution in [-0.2, 0) is 0 Å². The summed E-state index contributed by atoms with van der Waals surface area (Å²) in [5.74, 6) is -0.210. The van der Waals surface area contributed by atoms with Gasteiger partial charge in [0.1, 0.15) is 12.0 Å². The van der Waals surface area contributed by atoms with Crippen LogP contribution in [0.2, 0.25) is 0 Å². The molecule has 4 aromatic carbocycles. The van der Waals surface area contributed by atoms with Gasteiger partial charge in [0.2, 0.25) is 0 Å². The molecule has 0 spiro atoms. The van der Waals surface area contributed by atoms with Gasteiger partial charge in [-0.2, -0.15) is 21.9 Å². The van der Waals surface area contributed by atoms with Gasteiger partial charge in [-0.05, 0) is 13.0 Å². The molecule has 0 amide bonds. The molecule has 0 saturated carbocycles. The number of hydrogen-bond donors (Lipinski definition) is 0. The molecule has 0 unspecified atom stereocenters. The molecule has 4 rings (SSSR count). The first-order valence-electron chi connectivity index (χ1n) is 9.31. The summed E-state index contributed by atoms with van der Waals surface area (Å²) >= 11 is 0. The van der Waals surface area contributed by atoms with Crippen molar-refractivity contribution < 1.29 is 4.39 Å². The molecule has 0 aromatic heterocycles. The average molecular weight is 351 g/mol. The fourth-order valence-corrected chi connectivity index (χ4v) is 4.27. The molecular formula is C25H21BF-. The van der Waals surface area contributed by atoms with Crippen molar-refractivity contribution in [3.63, 3.8) is 0 Å². The molecule has 0 fully saturated rings. The van der Waals surface area contributed by atoms with Crippen LogP contribution in [0.3, 0.4) is 0 Å². The first-order chi connectivity index (χ1) is 13.2. The highest BCUT2D eigenvalue weighted by Crippen LogP contribution is 2.11. The van der Waals surface area contributed by atoms with Crippen molar-refractivity contribution in [3.8, 4) is 0 Å². The maximum atomic E-state index is 14.3. The van der Waals surface area contributed by atoms with Gasteiger partial charge in [-0.15, -0.1) is 0 Å². The van der Waals surface area contributed by atoms with Gasteiger partial charge in [-0.3, -0.25) is 0 Å². The van der Waals surface area contributed by atoms with Gasteiger partial charge >= 0.3 is 0 Å². The van der Waals surface area contributed by atoms with Gasteiger partial charge in [0.05, 0.1) is 0 Å². The van der Waals surface area contributed by atoms with Crippen LogP contribution >= 0.6 is 0 Å². The predicted octanol–water partition coefficient (Wildman–Crippen LogP) is 3.51. The molecule has 0 heterocycles. The number of hydrogen-bond acceptors (Lipinski definition) is 0. The summed E-state index contributed by atoms with van der Waals surface area (Å²) in [4.78, 5) is 0. The van der Waals surface area contributed by atoms with Gasteiger partial charge in [-0.1, -0.05) is 109 Å². The van der Waals surface area contributed by atoms with Crippen molar-refractivity contribution in [1.82, 2.24) is 0 Å². The highest BCUT2D eigenvalue weighted by atomic mass is 19.1. The van der Waals surface area contributed by atoms with E-state index in [4.69, 9.17) is 0 Å². The van der Waals surface area contributed by atoms with Crippen LogP contribution in [0.4, 0.5) is 4.39 Å². The van der Waals surface area contributed by atoms with E-state index >= 15 is 0 Å². The number of aryl methyl sites for hydroxylation is 1. The number of halogens is 1. The van der Waals surface area contributed by atoms with Crippen molar-refractivity contribution in [3.05, 3.63) is 121 Å². The molecule has 27 heavy (non-hydrogen) atoms. The minimum absolute atomic E-state index is 0.210. The first-order valence-corrected chi connectivity index (χ1v) is 9.31. The Hall–Kier alpha value is -3.13. The Morgan fingerprint density at radius 2 is 1.00 bits per heavy atom. The van der Waals surface area contributed by atoms with Crippen molar-refractivity contribution in [2.45, 2.75) is 6.92 Å². The number of rotatable bonds is 4. The van der Waals surface area contributed by atoms with E-state index < -0.39 is 6.15 Å². The lowest BCUT2D eigenvalue weighted by Crippen LogP contribution is -2.74. The van der Waals surface area contributed by atoms with Gasteiger partial charge in [0.25, 0.3) is 0 Å². The van der Waals surface area contributed by atoms with Crippen LogP contribution in [0, 0.1) is 12.7 Å². The van der Waals surface area contributed by atoms with Crippen LogP contribution in [0.1, 0.15) is 5.56 Å². The van der Waals surface area contributed by atoms with Gasteiger partial charge in [-0.25, -0.2) is 4.39 Å². The Morgan fingerprint density at radius 1 is 0.519 bits per heavy atom. The normalized spacial score (nSPS) is 11.3. The lowest BCUT2D eigenvalue weighted by atomic mass is 9.13. The zero-order valence-corrected chi connectivity index (χ0v) is 15.3. The fourth-order valence-electron chi connectivity index (χ4n) is 4.27. The van der Waals surface area contributed by atoms with E-state index in [1.807, 2.05) is 18.2 Å². The Labute approximate surface area is 160 Å². The summed E-state index contributed by atoms with van der Waals surface area (Å²) in [6, 6.07) is 36.6. The minimum Gasteiger partial charge on any atom is -0.207 e. The SMILES string of the molecule is Cc1ccc([B-](c2ccccc2)(c2ccccc2)c2cccc(F)c2)cc1. The average Bonchev–Trinajstić information content (AvgIpc) is 2.72. The second-order valence-electron chi connectivity index (χ2n) is 7.15. The highest BCUT2D eigenvalue weighted by Gasteiger charge is 2.31. The minimum atomic E-state index is -1.49. The van der Waals surface area contributed by atoms with E-state index in [-0.39, 0.29) is 5.82 Å². The molecule has 4 aromatic rings. The molecule has 0 radical (unpaired) electrons. The molecule has 132 valence electrons. The van der Waals surface area contributed by atoms with Crippen LogP contribution in [0.25, 0.3) is 0 Å². The van der Waals surface area contributed by atoms with Crippen LogP contribution in [-0.4, -0.2) is 6.15 Å². The van der Waals surface area contributed by atoms with Crippen LogP contribution in [0.5, 0.6) is 0 Å². The second kappa shape index (κ2) is 7.24. The third-order valence-corrected chi connectivity index (χ3v) is 5.53. The standard InChI is InChI=1S/C25H21BF/c1-20-15-17-23(18-16-20)26(21-9-4-2-5-10-21,22-11-6-3-7-12-22)24-13-8-14-25(27)19-24/h2-19H,1H3/q-1.